The van der Waals surface area contributed by atoms with Gasteiger partial charge < -0.3 is 19.8 Å². The molecule has 0 saturated carbocycles. The average Bonchev–Trinajstić information content (AvgIpc) is 2.63. The predicted molar refractivity (Wildman–Crippen MR) is 109 cm³/mol. The van der Waals surface area contributed by atoms with Crippen LogP contribution in [0, 0.1) is 6.92 Å². The zero-order chi connectivity index (χ0) is 19.9. The van der Waals surface area contributed by atoms with Gasteiger partial charge in [0.15, 0.2) is 5.72 Å². The number of aryl methyl sites for hydroxylation is 1. The van der Waals surface area contributed by atoms with Gasteiger partial charge in [-0.25, -0.2) is 0 Å². The topological polar surface area (TPSA) is 47.0 Å². The normalized spacial score (nSPS) is 24.3. The third-order valence-corrected chi connectivity index (χ3v) is 6.24. The molecule has 1 atom stereocenters. The standard InChI is InChI=1S/C22H31N3O2/c1-15-13-18(20-14-24(6)22(4,27)17(3)16(20)2)7-8-19(15)21(26)25-11-9-23(5)10-12-25/h7-8,13-14,27H,9-12H2,1-6H3. The van der Waals surface area contributed by atoms with Crippen LogP contribution < -0.4 is 0 Å². The smallest absolute Gasteiger partial charge is 0.254 e. The predicted octanol–water partition coefficient (Wildman–Crippen LogP) is 2.71. The molecule has 146 valence electrons. The van der Waals surface area contributed by atoms with Gasteiger partial charge >= 0.3 is 0 Å². The van der Waals surface area contributed by atoms with Gasteiger partial charge in [-0.3, -0.25) is 4.79 Å². The minimum Gasteiger partial charge on any atom is -0.367 e. The molecule has 1 saturated heterocycles. The summed E-state index contributed by atoms with van der Waals surface area (Å²) in [6, 6.07) is 6.05. The largest absolute Gasteiger partial charge is 0.367 e. The molecule has 0 radical (unpaired) electrons. The van der Waals surface area contributed by atoms with Gasteiger partial charge in [0, 0.05) is 50.6 Å². The molecule has 2 aliphatic heterocycles. The fourth-order valence-electron chi connectivity index (χ4n) is 3.78. The lowest BCUT2D eigenvalue weighted by atomic mass is 9.87. The Bertz CT molecular complexity index is 815. The van der Waals surface area contributed by atoms with E-state index in [-0.39, 0.29) is 5.91 Å². The van der Waals surface area contributed by atoms with Gasteiger partial charge in [0.25, 0.3) is 5.91 Å². The molecule has 5 heteroatoms. The van der Waals surface area contributed by atoms with Crippen LogP contribution in [0.4, 0.5) is 0 Å². The number of piperazine rings is 1. The van der Waals surface area contributed by atoms with Gasteiger partial charge in [0.2, 0.25) is 0 Å². The highest BCUT2D eigenvalue weighted by Crippen LogP contribution is 2.37. The van der Waals surface area contributed by atoms with Crippen molar-refractivity contribution in [2.75, 3.05) is 40.3 Å². The van der Waals surface area contributed by atoms with Gasteiger partial charge in [-0.15, -0.1) is 0 Å². The number of nitrogens with zero attached hydrogens (tertiary/aromatic N) is 3. The first kappa shape index (κ1) is 19.6. The van der Waals surface area contributed by atoms with E-state index in [1.807, 2.05) is 62.9 Å². The number of aliphatic hydroxyl groups is 1. The molecule has 2 aliphatic rings. The molecule has 0 spiro atoms. The molecule has 1 aromatic carbocycles. The number of hydrogen-bond donors (Lipinski definition) is 1. The van der Waals surface area contributed by atoms with Crippen LogP contribution in [-0.2, 0) is 0 Å². The Kier molecular flexibility index (Phi) is 5.19. The molecule has 0 aromatic heterocycles. The summed E-state index contributed by atoms with van der Waals surface area (Å²) in [5, 5.41) is 10.7. The van der Waals surface area contributed by atoms with Gasteiger partial charge in [-0.1, -0.05) is 12.1 Å². The molecule has 27 heavy (non-hydrogen) atoms. The van der Waals surface area contributed by atoms with Crippen LogP contribution in [0.1, 0.15) is 42.3 Å². The third-order valence-electron chi connectivity index (χ3n) is 6.24. The lowest BCUT2D eigenvalue weighted by Gasteiger charge is -2.39. The van der Waals surface area contributed by atoms with Crippen molar-refractivity contribution in [3.8, 4) is 0 Å². The molecule has 1 unspecified atom stereocenters. The zero-order valence-electron chi connectivity index (χ0n) is 17.3. The lowest BCUT2D eigenvalue weighted by Crippen LogP contribution is -2.47. The van der Waals surface area contributed by atoms with Crippen molar-refractivity contribution in [2.24, 2.45) is 0 Å². The number of benzene rings is 1. The number of rotatable bonds is 2. The highest BCUT2D eigenvalue weighted by Gasteiger charge is 2.33. The Hall–Kier alpha value is -2.11. The summed E-state index contributed by atoms with van der Waals surface area (Å²) in [4.78, 5) is 18.9. The van der Waals surface area contributed by atoms with Crippen LogP contribution >= 0.6 is 0 Å². The Balaban J connectivity index is 1.88. The summed E-state index contributed by atoms with van der Waals surface area (Å²) in [6.45, 7) is 11.2. The van der Waals surface area contributed by atoms with E-state index in [0.29, 0.717) is 0 Å². The van der Waals surface area contributed by atoms with Crippen LogP contribution in [0.25, 0.3) is 5.57 Å². The lowest BCUT2D eigenvalue weighted by molar-refractivity contribution is -0.0204. The highest BCUT2D eigenvalue weighted by atomic mass is 16.3. The molecule has 3 rings (SSSR count). The van der Waals surface area contributed by atoms with E-state index in [9.17, 15) is 9.90 Å². The van der Waals surface area contributed by atoms with E-state index in [4.69, 9.17) is 0 Å². The summed E-state index contributed by atoms with van der Waals surface area (Å²) in [5.41, 5.74) is 4.97. The molecule has 1 amide bonds. The third kappa shape index (κ3) is 3.54. The van der Waals surface area contributed by atoms with Crippen LogP contribution in [0.3, 0.4) is 0 Å². The first-order valence-corrected chi connectivity index (χ1v) is 9.57. The van der Waals surface area contributed by atoms with Crippen LogP contribution in [-0.4, -0.2) is 71.7 Å². The molecule has 1 N–H and O–H groups in total. The maximum Gasteiger partial charge on any atom is 0.254 e. The summed E-state index contributed by atoms with van der Waals surface area (Å²) in [7, 11) is 3.97. The number of amides is 1. The van der Waals surface area contributed by atoms with Crippen molar-refractivity contribution in [3.05, 3.63) is 52.2 Å². The second-order valence-corrected chi connectivity index (χ2v) is 8.05. The van der Waals surface area contributed by atoms with Gasteiger partial charge in [-0.05, 0) is 63.1 Å². The molecule has 1 aromatic rings. The Morgan fingerprint density at radius 2 is 1.70 bits per heavy atom. The van der Waals surface area contributed by atoms with Crippen molar-refractivity contribution in [2.45, 2.75) is 33.4 Å². The number of likely N-dealkylation sites (N-methyl/N-ethyl adjacent to an activating group) is 2. The molecule has 1 fully saturated rings. The summed E-state index contributed by atoms with van der Waals surface area (Å²) in [6.07, 6.45) is 1.99. The maximum absolute atomic E-state index is 12.9. The summed E-state index contributed by atoms with van der Waals surface area (Å²) < 4.78 is 0. The van der Waals surface area contributed by atoms with E-state index >= 15 is 0 Å². The van der Waals surface area contributed by atoms with Crippen molar-refractivity contribution in [1.29, 1.82) is 0 Å². The molecule has 0 bridgehead atoms. The Labute approximate surface area is 162 Å². The van der Waals surface area contributed by atoms with E-state index in [1.54, 1.807) is 0 Å². The van der Waals surface area contributed by atoms with E-state index < -0.39 is 5.72 Å². The minimum absolute atomic E-state index is 0.119. The molecular weight excluding hydrogens is 338 g/mol. The first-order valence-electron chi connectivity index (χ1n) is 9.57. The van der Waals surface area contributed by atoms with Crippen LogP contribution in [0.15, 0.2) is 35.5 Å². The summed E-state index contributed by atoms with van der Waals surface area (Å²) >= 11 is 0. The fraction of sp³-hybridized carbons (Fsp3) is 0.500. The van der Waals surface area contributed by atoms with E-state index in [2.05, 4.69) is 18.0 Å². The van der Waals surface area contributed by atoms with Crippen LogP contribution in [0.2, 0.25) is 0 Å². The first-order chi connectivity index (χ1) is 12.6. The second kappa shape index (κ2) is 7.13. The highest BCUT2D eigenvalue weighted by molar-refractivity contribution is 5.96. The van der Waals surface area contributed by atoms with Crippen molar-refractivity contribution in [3.63, 3.8) is 0 Å². The molecule has 0 aliphatic carbocycles. The number of allylic oxidation sites excluding steroid dienone is 2. The van der Waals surface area contributed by atoms with Crippen molar-refractivity contribution >= 4 is 11.5 Å². The quantitative estimate of drug-likeness (QED) is 0.871. The van der Waals surface area contributed by atoms with Crippen molar-refractivity contribution < 1.29 is 9.90 Å². The number of carbonyl (C=O) groups is 1. The fourth-order valence-corrected chi connectivity index (χ4v) is 3.78. The Morgan fingerprint density at radius 3 is 2.30 bits per heavy atom. The van der Waals surface area contributed by atoms with Gasteiger partial charge in [0.05, 0.1) is 0 Å². The average molecular weight is 370 g/mol. The maximum atomic E-state index is 12.9. The van der Waals surface area contributed by atoms with E-state index in [1.165, 1.54) is 0 Å². The number of carbonyl (C=O) groups excluding carboxylic acids is 1. The SMILES string of the molecule is CC1=C(C)C(C)(O)N(C)C=C1c1ccc(C(=O)N2CCN(C)CC2)c(C)c1. The molecule has 2 heterocycles. The second-order valence-electron chi connectivity index (χ2n) is 8.05. The Morgan fingerprint density at radius 1 is 1.07 bits per heavy atom. The molecular formula is C22H31N3O2. The molecule has 5 nitrogen and oxygen atoms in total. The number of hydrogen-bond acceptors (Lipinski definition) is 4. The van der Waals surface area contributed by atoms with Crippen molar-refractivity contribution in [1.82, 2.24) is 14.7 Å². The van der Waals surface area contributed by atoms with Gasteiger partial charge in [0.1, 0.15) is 0 Å². The van der Waals surface area contributed by atoms with E-state index in [0.717, 1.165) is 59.6 Å². The van der Waals surface area contributed by atoms with Gasteiger partial charge in [-0.2, -0.15) is 0 Å². The van der Waals surface area contributed by atoms with Crippen LogP contribution in [0.5, 0.6) is 0 Å². The minimum atomic E-state index is -0.972. The monoisotopic (exact) mass is 369 g/mol. The zero-order valence-corrected chi connectivity index (χ0v) is 17.3. The summed E-state index contributed by atoms with van der Waals surface area (Å²) in [5.74, 6) is 0.119.